The van der Waals surface area contributed by atoms with Gasteiger partial charge in [-0.1, -0.05) is 30.3 Å². The van der Waals surface area contributed by atoms with Gasteiger partial charge in [0.2, 0.25) is 0 Å². The summed E-state index contributed by atoms with van der Waals surface area (Å²) in [6, 6.07) is 10.5. The first-order valence-corrected chi connectivity index (χ1v) is 9.26. The molecule has 0 radical (unpaired) electrons. The summed E-state index contributed by atoms with van der Waals surface area (Å²) in [5.74, 6) is 1.75. The zero-order chi connectivity index (χ0) is 17.1. The number of ether oxygens (including phenoxy) is 1. The predicted molar refractivity (Wildman–Crippen MR) is 95.3 cm³/mol. The Bertz CT molecular complexity index is 699. The normalized spacial score (nSPS) is 21.6. The molecule has 0 N–H and O–H groups in total. The molecule has 4 rings (SSSR count). The molecule has 5 heteroatoms. The summed E-state index contributed by atoms with van der Waals surface area (Å²) in [7, 11) is 0. The Hall–Kier alpha value is -2.14. The Morgan fingerprint density at radius 2 is 1.96 bits per heavy atom. The first-order valence-electron chi connectivity index (χ1n) is 9.26. The number of carbonyl (C=O) groups excluding carboxylic acids is 1. The van der Waals surface area contributed by atoms with Gasteiger partial charge in [-0.2, -0.15) is 0 Å². The lowest BCUT2D eigenvalue weighted by Gasteiger charge is -2.33. The Morgan fingerprint density at radius 1 is 1.16 bits per heavy atom. The van der Waals surface area contributed by atoms with E-state index in [0.29, 0.717) is 5.92 Å². The molecule has 25 heavy (non-hydrogen) atoms. The van der Waals surface area contributed by atoms with E-state index in [2.05, 4.69) is 40.0 Å². The molecule has 1 aromatic heterocycles. The highest BCUT2D eigenvalue weighted by Gasteiger charge is 2.32. The van der Waals surface area contributed by atoms with Gasteiger partial charge in [-0.3, -0.25) is 4.79 Å². The van der Waals surface area contributed by atoms with Gasteiger partial charge < -0.3 is 14.2 Å². The van der Waals surface area contributed by atoms with E-state index in [1.165, 1.54) is 5.56 Å². The third-order valence-electron chi connectivity index (χ3n) is 5.32. The first-order chi connectivity index (χ1) is 12.3. The molecular weight excluding hydrogens is 314 g/mol. The van der Waals surface area contributed by atoms with Crippen LogP contribution >= 0.6 is 0 Å². The first kappa shape index (κ1) is 16.3. The minimum Gasteiger partial charge on any atom is -0.368 e. The van der Waals surface area contributed by atoms with Crippen molar-refractivity contribution in [2.45, 2.75) is 44.2 Å². The quantitative estimate of drug-likeness (QED) is 0.860. The number of hydrogen-bond acceptors (Lipinski definition) is 3. The van der Waals surface area contributed by atoms with Crippen LogP contribution in [0.1, 0.15) is 43.0 Å². The van der Waals surface area contributed by atoms with Gasteiger partial charge in [0.1, 0.15) is 11.9 Å². The molecule has 0 bridgehead atoms. The van der Waals surface area contributed by atoms with E-state index in [1.807, 2.05) is 17.2 Å². The maximum absolute atomic E-state index is 12.5. The van der Waals surface area contributed by atoms with Gasteiger partial charge in [0.15, 0.2) is 0 Å². The number of nitrogens with zero attached hydrogens (tertiary/aromatic N) is 3. The standard InChI is InChI=1S/C20H25N3O2/c24-20(18-7-4-14-25-18)22-11-8-17(9-12-22)19-21-10-13-23(19)15-16-5-2-1-3-6-16/h1-3,5-6,10,13,17-18H,4,7-9,11-12,14-15H2/t18-/m1/s1. The van der Waals surface area contributed by atoms with Crippen molar-refractivity contribution in [3.05, 3.63) is 54.1 Å². The van der Waals surface area contributed by atoms with E-state index in [4.69, 9.17) is 4.74 Å². The van der Waals surface area contributed by atoms with Gasteiger partial charge >= 0.3 is 0 Å². The molecule has 3 heterocycles. The lowest BCUT2D eigenvalue weighted by atomic mass is 9.95. The summed E-state index contributed by atoms with van der Waals surface area (Å²) in [5, 5.41) is 0. The van der Waals surface area contributed by atoms with Crippen LogP contribution in [0.4, 0.5) is 0 Å². The highest BCUT2D eigenvalue weighted by atomic mass is 16.5. The number of carbonyl (C=O) groups is 1. The largest absolute Gasteiger partial charge is 0.368 e. The van der Waals surface area contributed by atoms with Crippen molar-refractivity contribution in [2.24, 2.45) is 0 Å². The molecular formula is C20H25N3O2. The minimum atomic E-state index is -0.198. The van der Waals surface area contributed by atoms with Crippen LogP contribution < -0.4 is 0 Å². The Labute approximate surface area is 148 Å². The third kappa shape index (κ3) is 3.61. The van der Waals surface area contributed by atoms with Crippen molar-refractivity contribution >= 4 is 5.91 Å². The average Bonchev–Trinajstić information content (AvgIpc) is 3.34. The van der Waals surface area contributed by atoms with Crippen LogP contribution in [0.25, 0.3) is 0 Å². The molecule has 132 valence electrons. The number of rotatable bonds is 4. The van der Waals surface area contributed by atoms with Gasteiger partial charge in [-0.05, 0) is 31.2 Å². The fraction of sp³-hybridized carbons (Fsp3) is 0.500. The van der Waals surface area contributed by atoms with Crippen molar-refractivity contribution in [1.82, 2.24) is 14.5 Å². The molecule has 2 aliphatic heterocycles. The van der Waals surface area contributed by atoms with Crippen LogP contribution in [-0.2, 0) is 16.1 Å². The fourth-order valence-electron chi connectivity index (χ4n) is 3.93. The number of imidazole rings is 1. The summed E-state index contributed by atoms with van der Waals surface area (Å²) in [5.41, 5.74) is 1.28. The van der Waals surface area contributed by atoms with Crippen molar-refractivity contribution in [3.63, 3.8) is 0 Å². The number of piperidine rings is 1. The summed E-state index contributed by atoms with van der Waals surface area (Å²) in [4.78, 5) is 19.1. The SMILES string of the molecule is O=C([C@H]1CCCO1)N1CCC(c2nccn2Cc2ccccc2)CC1. The molecule has 0 unspecified atom stereocenters. The van der Waals surface area contributed by atoms with Gasteiger partial charge in [0, 0.05) is 44.6 Å². The zero-order valence-electron chi connectivity index (χ0n) is 14.5. The van der Waals surface area contributed by atoms with Crippen molar-refractivity contribution in [3.8, 4) is 0 Å². The molecule has 2 saturated heterocycles. The molecule has 2 aliphatic rings. The summed E-state index contributed by atoms with van der Waals surface area (Å²) in [6.45, 7) is 3.19. The topological polar surface area (TPSA) is 47.4 Å². The second-order valence-electron chi connectivity index (χ2n) is 7.00. The molecule has 0 saturated carbocycles. The molecule has 0 spiro atoms. The van der Waals surface area contributed by atoms with E-state index in [9.17, 15) is 4.79 Å². The van der Waals surface area contributed by atoms with E-state index in [-0.39, 0.29) is 12.0 Å². The van der Waals surface area contributed by atoms with Gasteiger partial charge in [0.05, 0.1) is 0 Å². The molecule has 2 fully saturated rings. The summed E-state index contributed by atoms with van der Waals surface area (Å²) in [6.07, 6.45) is 7.59. The number of likely N-dealkylation sites (tertiary alicyclic amines) is 1. The number of benzene rings is 1. The number of aromatic nitrogens is 2. The molecule has 1 aromatic carbocycles. The minimum absolute atomic E-state index is 0.184. The molecule has 0 aliphatic carbocycles. The van der Waals surface area contributed by atoms with Gasteiger partial charge in [-0.25, -0.2) is 4.98 Å². The lowest BCUT2D eigenvalue weighted by molar-refractivity contribution is -0.142. The smallest absolute Gasteiger partial charge is 0.251 e. The molecule has 1 atom stereocenters. The Kier molecular flexibility index (Phi) is 4.83. The molecule has 1 amide bonds. The van der Waals surface area contributed by atoms with E-state index in [1.54, 1.807) is 0 Å². The molecule has 2 aromatic rings. The van der Waals surface area contributed by atoms with Crippen LogP contribution in [0.3, 0.4) is 0 Å². The Balaban J connectivity index is 1.38. The van der Waals surface area contributed by atoms with Crippen molar-refractivity contribution in [2.75, 3.05) is 19.7 Å². The van der Waals surface area contributed by atoms with E-state index < -0.39 is 0 Å². The number of hydrogen-bond donors (Lipinski definition) is 0. The van der Waals surface area contributed by atoms with Gasteiger partial charge in [-0.15, -0.1) is 0 Å². The monoisotopic (exact) mass is 339 g/mol. The van der Waals surface area contributed by atoms with Crippen LogP contribution in [0.2, 0.25) is 0 Å². The predicted octanol–water partition coefficient (Wildman–Crippen LogP) is 2.82. The van der Waals surface area contributed by atoms with Crippen molar-refractivity contribution in [1.29, 1.82) is 0 Å². The highest BCUT2D eigenvalue weighted by molar-refractivity contribution is 5.81. The van der Waals surface area contributed by atoms with Crippen LogP contribution in [0.15, 0.2) is 42.7 Å². The fourth-order valence-corrected chi connectivity index (χ4v) is 3.93. The lowest BCUT2D eigenvalue weighted by Crippen LogP contribution is -2.43. The maximum Gasteiger partial charge on any atom is 0.251 e. The second-order valence-corrected chi connectivity index (χ2v) is 7.00. The highest BCUT2D eigenvalue weighted by Crippen LogP contribution is 2.28. The van der Waals surface area contributed by atoms with E-state index in [0.717, 1.165) is 57.7 Å². The summed E-state index contributed by atoms with van der Waals surface area (Å²) >= 11 is 0. The van der Waals surface area contributed by atoms with E-state index >= 15 is 0 Å². The van der Waals surface area contributed by atoms with Crippen LogP contribution in [0, 0.1) is 0 Å². The zero-order valence-corrected chi connectivity index (χ0v) is 14.5. The second kappa shape index (κ2) is 7.40. The third-order valence-corrected chi connectivity index (χ3v) is 5.32. The van der Waals surface area contributed by atoms with Crippen LogP contribution in [-0.4, -0.2) is 46.2 Å². The van der Waals surface area contributed by atoms with Crippen molar-refractivity contribution < 1.29 is 9.53 Å². The van der Waals surface area contributed by atoms with Gasteiger partial charge in [0.25, 0.3) is 5.91 Å². The molecule has 5 nitrogen and oxygen atoms in total. The number of amides is 1. The maximum atomic E-state index is 12.5. The van der Waals surface area contributed by atoms with Crippen LogP contribution in [0.5, 0.6) is 0 Å². The summed E-state index contributed by atoms with van der Waals surface area (Å²) < 4.78 is 7.79. The average molecular weight is 339 g/mol. The Morgan fingerprint density at radius 3 is 2.68 bits per heavy atom.